The van der Waals surface area contributed by atoms with Gasteiger partial charge in [-0.1, -0.05) is 35.7 Å². The number of H-pyrrole nitrogens is 1. The van der Waals surface area contributed by atoms with E-state index >= 15 is 4.39 Å². The van der Waals surface area contributed by atoms with E-state index in [1.54, 1.807) is 30.5 Å². The minimum Gasteiger partial charge on any atom is -0.456 e. The van der Waals surface area contributed by atoms with Crippen molar-refractivity contribution in [2.24, 2.45) is 5.41 Å². The lowest BCUT2D eigenvalue weighted by atomic mass is 9.59. The van der Waals surface area contributed by atoms with Crippen LogP contribution in [0.3, 0.4) is 0 Å². The van der Waals surface area contributed by atoms with Crippen LogP contribution in [0.1, 0.15) is 54.4 Å². The van der Waals surface area contributed by atoms with Crippen molar-refractivity contribution in [3.8, 4) is 11.5 Å². The van der Waals surface area contributed by atoms with E-state index in [4.69, 9.17) is 25.8 Å². The molecular formula is C46H48ClFN6O8S. The third-order valence-electron chi connectivity index (χ3n) is 12.8. The molecule has 17 heteroatoms. The number of nitro groups is 1. The number of hydrogen-bond donors (Lipinski definition) is 3. The summed E-state index contributed by atoms with van der Waals surface area (Å²) in [6.45, 7) is 4.82. The summed E-state index contributed by atoms with van der Waals surface area (Å²) in [6, 6.07) is 21.8. The SMILES string of the molecule is O=C(NS(=O)(=O)c1cc(F)c(NC[C@H]2COCCO2)c([N+](=O)[O-])c1)c1ccc(N2CCN(CC3=C(c4ccc(Cl)cc4)CC4(CCC4)CC3)CC2)cc1Oc1ccc2[nH]ccc2c1. The van der Waals surface area contributed by atoms with Crippen LogP contribution in [-0.2, 0) is 19.5 Å². The zero-order chi connectivity index (χ0) is 43.7. The zero-order valence-electron chi connectivity index (χ0n) is 34.5. The summed E-state index contributed by atoms with van der Waals surface area (Å²) in [7, 11) is -4.83. The van der Waals surface area contributed by atoms with Crippen LogP contribution >= 0.6 is 11.6 Å². The monoisotopic (exact) mass is 898 g/mol. The number of ether oxygens (including phenoxy) is 3. The quantitative estimate of drug-likeness (QED) is 0.0765. The Labute approximate surface area is 369 Å². The molecule has 1 amide bonds. The van der Waals surface area contributed by atoms with Gasteiger partial charge in [-0.25, -0.2) is 17.5 Å². The number of aromatic amines is 1. The molecule has 63 heavy (non-hydrogen) atoms. The third-order valence-corrected chi connectivity index (χ3v) is 14.4. The maximum absolute atomic E-state index is 15.5. The van der Waals surface area contributed by atoms with E-state index in [0.29, 0.717) is 49.6 Å². The molecule has 1 aromatic heterocycles. The van der Waals surface area contributed by atoms with Gasteiger partial charge in [0.25, 0.3) is 21.6 Å². The number of amides is 1. The van der Waals surface area contributed by atoms with Crippen molar-refractivity contribution in [2.45, 2.75) is 49.5 Å². The number of nitrogens with one attached hydrogen (secondary N) is 3. The number of hydrogen-bond acceptors (Lipinski definition) is 11. The van der Waals surface area contributed by atoms with Crippen molar-refractivity contribution >= 4 is 61.1 Å². The highest BCUT2D eigenvalue weighted by Crippen LogP contribution is 2.55. The normalized spacial score (nSPS) is 19.2. The molecule has 3 fully saturated rings. The van der Waals surface area contributed by atoms with Crippen LogP contribution in [0, 0.1) is 21.3 Å². The first-order valence-corrected chi connectivity index (χ1v) is 23.1. The number of piperazine rings is 1. The Morgan fingerprint density at radius 1 is 1.00 bits per heavy atom. The molecule has 4 aromatic carbocycles. The highest BCUT2D eigenvalue weighted by atomic mass is 35.5. The van der Waals surface area contributed by atoms with Crippen molar-refractivity contribution in [1.82, 2.24) is 14.6 Å². The standard InChI is InChI=1S/C46H48ClFN6O8S/c47-33-4-2-30(3-5-33)39-26-46(12-1-13-46)14-10-32(39)28-52-16-18-53(19-17-52)34-6-8-38(43(23-34)62-35-7-9-41-31(22-35)11-15-49-41)45(55)51-63(58,59)37-24-40(48)44(42(25-37)54(56)57)50-27-36-29-60-20-21-61-36/h2-9,11,15,22-25,36,49-50H,1,10,12-14,16-21,26-29H2,(H,51,55)/t36-/m0/s1. The minimum atomic E-state index is -4.83. The molecule has 2 aliphatic carbocycles. The van der Waals surface area contributed by atoms with Gasteiger partial charge in [-0.05, 0) is 103 Å². The molecule has 0 unspecified atom stereocenters. The molecule has 1 spiro atoms. The summed E-state index contributed by atoms with van der Waals surface area (Å²) in [5, 5.41) is 16.3. The first kappa shape index (κ1) is 42.8. The molecule has 1 atom stereocenters. The van der Waals surface area contributed by atoms with E-state index in [-0.39, 0.29) is 24.5 Å². The van der Waals surface area contributed by atoms with E-state index in [9.17, 15) is 23.3 Å². The van der Waals surface area contributed by atoms with Crippen LogP contribution in [0.5, 0.6) is 11.5 Å². The molecule has 0 bridgehead atoms. The Balaban J connectivity index is 0.936. The number of rotatable bonds is 13. The smallest absolute Gasteiger partial charge is 0.296 e. The second kappa shape index (κ2) is 17.9. The van der Waals surface area contributed by atoms with Crippen LogP contribution in [0.15, 0.2) is 95.5 Å². The highest BCUT2D eigenvalue weighted by molar-refractivity contribution is 7.90. The number of halogens is 2. The van der Waals surface area contributed by atoms with Gasteiger partial charge in [0, 0.05) is 79.2 Å². The number of carbonyl (C=O) groups is 1. The Morgan fingerprint density at radius 2 is 1.81 bits per heavy atom. The number of nitro benzene ring substituents is 1. The third kappa shape index (κ3) is 9.41. The number of nitrogens with zero attached hydrogens (tertiary/aromatic N) is 3. The molecular weight excluding hydrogens is 851 g/mol. The molecule has 1 saturated carbocycles. The number of carbonyl (C=O) groups excluding carboxylic acids is 1. The highest BCUT2D eigenvalue weighted by Gasteiger charge is 2.41. The van der Waals surface area contributed by atoms with E-state index in [2.05, 4.69) is 32.2 Å². The lowest BCUT2D eigenvalue weighted by Gasteiger charge is -2.47. The van der Waals surface area contributed by atoms with Crippen molar-refractivity contribution in [1.29, 1.82) is 0 Å². The number of anilines is 2. The number of fused-ring (bicyclic) bond motifs is 1. The Morgan fingerprint density at radius 3 is 2.54 bits per heavy atom. The molecule has 330 valence electrons. The number of aromatic nitrogens is 1. The first-order chi connectivity index (χ1) is 30.4. The van der Waals surface area contributed by atoms with Gasteiger partial charge < -0.3 is 29.4 Å². The number of benzene rings is 4. The molecule has 2 saturated heterocycles. The summed E-state index contributed by atoms with van der Waals surface area (Å²) in [5.41, 5.74) is 4.86. The van der Waals surface area contributed by atoms with Gasteiger partial charge in [0.05, 0.1) is 41.3 Å². The van der Waals surface area contributed by atoms with Crippen LogP contribution in [0.2, 0.25) is 5.02 Å². The van der Waals surface area contributed by atoms with Crippen molar-refractivity contribution in [3.05, 3.63) is 123 Å². The van der Waals surface area contributed by atoms with E-state index in [0.717, 1.165) is 54.1 Å². The van der Waals surface area contributed by atoms with Gasteiger partial charge in [0.1, 0.15) is 17.2 Å². The average molecular weight is 899 g/mol. The van der Waals surface area contributed by atoms with Crippen LogP contribution in [0.4, 0.5) is 21.5 Å². The summed E-state index contributed by atoms with van der Waals surface area (Å²) in [6.07, 6.45) is 8.63. The zero-order valence-corrected chi connectivity index (χ0v) is 36.1. The molecule has 9 rings (SSSR count). The Kier molecular flexibility index (Phi) is 12.2. The fraction of sp³-hybridized carbons (Fsp3) is 0.370. The van der Waals surface area contributed by atoms with Gasteiger partial charge in [0.2, 0.25) is 0 Å². The van der Waals surface area contributed by atoms with Crippen molar-refractivity contribution in [3.63, 3.8) is 0 Å². The molecule has 5 aromatic rings. The fourth-order valence-electron chi connectivity index (χ4n) is 9.17. The van der Waals surface area contributed by atoms with Gasteiger partial charge >= 0.3 is 0 Å². The lowest BCUT2D eigenvalue weighted by molar-refractivity contribution is -0.384. The van der Waals surface area contributed by atoms with Crippen LogP contribution in [0.25, 0.3) is 16.5 Å². The minimum absolute atomic E-state index is 0.0170. The van der Waals surface area contributed by atoms with E-state index in [1.807, 2.05) is 29.0 Å². The Hall–Kier alpha value is -5.52. The molecule has 2 aliphatic heterocycles. The fourth-order valence-corrected chi connectivity index (χ4v) is 10.3. The first-order valence-electron chi connectivity index (χ1n) is 21.2. The van der Waals surface area contributed by atoms with E-state index in [1.165, 1.54) is 48.5 Å². The maximum atomic E-state index is 15.5. The molecule has 3 heterocycles. The van der Waals surface area contributed by atoms with E-state index < -0.39 is 49.0 Å². The van der Waals surface area contributed by atoms with Gasteiger partial charge in [-0.3, -0.25) is 19.8 Å². The van der Waals surface area contributed by atoms with Crippen LogP contribution in [-0.4, -0.2) is 94.3 Å². The summed E-state index contributed by atoms with van der Waals surface area (Å²) in [5.74, 6) is -1.76. The Bertz CT molecular complexity index is 2670. The summed E-state index contributed by atoms with van der Waals surface area (Å²) >= 11 is 6.27. The molecule has 4 aliphatic rings. The molecule has 14 nitrogen and oxygen atoms in total. The summed E-state index contributed by atoms with van der Waals surface area (Å²) in [4.78, 5) is 32.1. The van der Waals surface area contributed by atoms with Crippen LogP contribution < -0.4 is 19.7 Å². The van der Waals surface area contributed by atoms with Crippen molar-refractivity contribution in [2.75, 3.05) is 69.3 Å². The maximum Gasteiger partial charge on any atom is 0.296 e. The molecule has 0 radical (unpaired) electrons. The number of allylic oxidation sites excluding steroid dienone is 1. The molecule has 3 N–H and O–H groups in total. The lowest BCUT2D eigenvalue weighted by Crippen LogP contribution is -2.47. The van der Waals surface area contributed by atoms with Crippen molar-refractivity contribution < 1.29 is 36.7 Å². The second-order valence-corrected chi connectivity index (χ2v) is 19.0. The van der Waals surface area contributed by atoms with Gasteiger partial charge in [-0.15, -0.1) is 0 Å². The predicted molar refractivity (Wildman–Crippen MR) is 239 cm³/mol. The number of sulfonamides is 1. The topological polar surface area (TPSA) is 168 Å². The van der Waals surface area contributed by atoms with Gasteiger partial charge in [0.15, 0.2) is 5.82 Å². The van der Waals surface area contributed by atoms with Gasteiger partial charge in [-0.2, -0.15) is 0 Å². The predicted octanol–water partition coefficient (Wildman–Crippen LogP) is 8.54. The summed E-state index contributed by atoms with van der Waals surface area (Å²) < 4.78 is 61.9. The second-order valence-electron chi connectivity index (χ2n) is 16.8. The largest absolute Gasteiger partial charge is 0.456 e. The average Bonchev–Trinajstić information content (AvgIpc) is 3.74.